The smallest absolute Gasteiger partial charge is 0.137 e. The molecule has 0 fully saturated rings. The molecule has 0 radical (unpaired) electrons. The van der Waals surface area contributed by atoms with Crippen molar-refractivity contribution >= 4 is 49.8 Å². The highest BCUT2D eigenvalue weighted by atomic mass is 16.3. The second kappa shape index (κ2) is 10.7. The van der Waals surface area contributed by atoms with Crippen molar-refractivity contribution in [1.29, 1.82) is 0 Å². The average Bonchev–Trinajstić information content (AvgIpc) is 3.70. The number of rotatable bonds is 4. The molecule has 1 atom stereocenters. The zero-order chi connectivity index (χ0) is 31.6. The van der Waals surface area contributed by atoms with Gasteiger partial charge in [0.15, 0.2) is 0 Å². The molecular formula is C45H30N2O. The number of hydrogen-bond donors (Lipinski definition) is 0. The summed E-state index contributed by atoms with van der Waals surface area (Å²) in [6, 6.07) is 54.1. The first-order valence-electron chi connectivity index (χ1n) is 16.6. The van der Waals surface area contributed by atoms with Gasteiger partial charge in [-0.25, -0.2) is 4.98 Å². The molecule has 0 aliphatic heterocycles. The molecule has 0 spiro atoms. The van der Waals surface area contributed by atoms with Gasteiger partial charge in [0.25, 0.3) is 0 Å². The van der Waals surface area contributed by atoms with Crippen LogP contribution >= 0.6 is 0 Å². The zero-order valence-electron chi connectivity index (χ0n) is 26.2. The Labute approximate surface area is 278 Å². The number of allylic oxidation sites excluding steroid dienone is 1. The van der Waals surface area contributed by atoms with E-state index in [1.54, 1.807) is 0 Å². The highest BCUT2D eigenvalue weighted by Gasteiger charge is 2.28. The van der Waals surface area contributed by atoms with Gasteiger partial charge in [-0.05, 0) is 65.6 Å². The maximum absolute atomic E-state index is 6.71. The SMILES string of the molecule is C1=Cc2oc3cc(-n4c5ccccc5c5ccc(-c6ccccc6)cc54)ccc3c2C(c2cc(-c3ccccc3)nc3ccccc23)C1. The van der Waals surface area contributed by atoms with Crippen LogP contribution in [-0.2, 0) is 0 Å². The fourth-order valence-electron chi connectivity index (χ4n) is 7.76. The molecule has 6 aromatic carbocycles. The highest BCUT2D eigenvalue weighted by molar-refractivity contribution is 6.10. The van der Waals surface area contributed by atoms with Crippen molar-refractivity contribution < 1.29 is 4.42 Å². The van der Waals surface area contributed by atoms with E-state index >= 15 is 0 Å². The monoisotopic (exact) mass is 614 g/mol. The highest BCUT2D eigenvalue weighted by Crippen LogP contribution is 2.45. The third-order valence-corrected chi connectivity index (χ3v) is 9.96. The maximum Gasteiger partial charge on any atom is 0.137 e. The van der Waals surface area contributed by atoms with Gasteiger partial charge < -0.3 is 8.98 Å². The van der Waals surface area contributed by atoms with Crippen LogP contribution in [0.3, 0.4) is 0 Å². The number of benzene rings is 6. The Balaban J connectivity index is 1.16. The van der Waals surface area contributed by atoms with Gasteiger partial charge in [-0.2, -0.15) is 0 Å². The Morgan fingerprint density at radius 3 is 2.12 bits per heavy atom. The minimum Gasteiger partial charge on any atom is -0.456 e. The van der Waals surface area contributed by atoms with Gasteiger partial charge in [0.1, 0.15) is 11.3 Å². The molecule has 0 saturated carbocycles. The lowest BCUT2D eigenvalue weighted by atomic mass is 9.82. The Kier molecular flexibility index (Phi) is 6.00. The molecular weight excluding hydrogens is 585 g/mol. The van der Waals surface area contributed by atoms with Crippen molar-refractivity contribution in [3.63, 3.8) is 0 Å². The molecule has 10 rings (SSSR count). The van der Waals surface area contributed by atoms with Crippen molar-refractivity contribution in [3.8, 4) is 28.1 Å². The Morgan fingerprint density at radius 2 is 1.27 bits per heavy atom. The molecule has 1 unspecified atom stereocenters. The van der Waals surface area contributed by atoms with Crippen LogP contribution in [0.2, 0.25) is 0 Å². The molecule has 0 saturated heterocycles. The number of fused-ring (bicyclic) bond motifs is 7. The van der Waals surface area contributed by atoms with Gasteiger partial charge >= 0.3 is 0 Å². The predicted octanol–water partition coefficient (Wildman–Crippen LogP) is 12.0. The van der Waals surface area contributed by atoms with Crippen molar-refractivity contribution in [1.82, 2.24) is 9.55 Å². The summed E-state index contributed by atoms with van der Waals surface area (Å²) in [5, 5.41) is 4.84. The number of furan rings is 1. The molecule has 0 bridgehead atoms. The largest absolute Gasteiger partial charge is 0.456 e. The first-order chi connectivity index (χ1) is 23.8. The number of hydrogen-bond acceptors (Lipinski definition) is 2. The Hall–Kier alpha value is -6.19. The molecule has 1 aliphatic carbocycles. The van der Waals surface area contributed by atoms with Crippen molar-refractivity contribution in [2.75, 3.05) is 0 Å². The first kappa shape index (κ1) is 27.0. The Bertz CT molecular complexity index is 2700. The van der Waals surface area contributed by atoms with Crippen molar-refractivity contribution in [2.24, 2.45) is 0 Å². The van der Waals surface area contributed by atoms with Crippen LogP contribution in [-0.4, -0.2) is 9.55 Å². The van der Waals surface area contributed by atoms with Gasteiger partial charge in [0, 0.05) is 50.3 Å². The minimum absolute atomic E-state index is 0.147. The molecule has 48 heavy (non-hydrogen) atoms. The summed E-state index contributed by atoms with van der Waals surface area (Å²) in [4.78, 5) is 5.08. The van der Waals surface area contributed by atoms with Crippen molar-refractivity contribution in [2.45, 2.75) is 12.3 Å². The molecule has 0 amide bonds. The van der Waals surface area contributed by atoms with E-state index in [0.717, 1.165) is 45.6 Å². The fraction of sp³-hybridized carbons (Fsp3) is 0.0444. The maximum atomic E-state index is 6.71. The summed E-state index contributed by atoms with van der Waals surface area (Å²) in [6.07, 6.45) is 5.31. The standard InChI is InChI=1S/C45H30N2O/c1-3-12-29(13-4-1)31-22-24-35-34-17-8-10-20-41(34)47(42(35)26-31)32-23-25-37-44(27-32)48-43-21-11-18-36(45(37)43)38-28-40(30-14-5-2-6-15-30)46-39-19-9-7-16-33(38)39/h1-17,19-28,36H,18H2. The lowest BCUT2D eigenvalue weighted by molar-refractivity contribution is 0.590. The summed E-state index contributed by atoms with van der Waals surface area (Å²) >= 11 is 0. The first-order valence-corrected chi connectivity index (χ1v) is 16.6. The second-order valence-electron chi connectivity index (χ2n) is 12.7. The van der Waals surface area contributed by atoms with E-state index < -0.39 is 0 Å². The van der Waals surface area contributed by atoms with E-state index in [2.05, 4.69) is 168 Å². The summed E-state index contributed by atoms with van der Waals surface area (Å²) < 4.78 is 9.09. The zero-order valence-corrected chi connectivity index (χ0v) is 26.2. The molecule has 1 aliphatic rings. The average molecular weight is 615 g/mol. The number of para-hydroxylation sites is 2. The van der Waals surface area contributed by atoms with Crippen LogP contribution in [0, 0.1) is 0 Å². The number of pyridine rings is 1. The molecule has 0 N–H and O–H groups in total. The summed E-state index contributed by atoms with van der Waals surface area (Å²) in [5.74, 6) is 1.09. The Morgan fingerprint density at radius 1 is 0.562 bits per heavy atom. The van der Waals surface area contributed by atoms with Gasteiger partial charge in [-0.3, -0.25) is 0 Å². The summed E-state index contributed by atoms with van der Waals surface area (Å²) in [5.41, 5.74) is 12.4. The van der Waals surface area contributed by atoms with E-state index in [1.165, 1.54) is 49.4 Å². The van der Waals surface area contributed by atoms with Crippen LogP contribution < -0.4 is 0 Å². The fourth-order valence-corrected chi connectivity index (χ4v) is 7.76. The van der Waals surface area contributed by atoms with Crippen LogP contribution in [0.1, 0.15) is 29.2 Å². The number of nitrogens with zero attached hydrogens (tertiary/aromatic N) is 2. The van der Waals surface area contributed by atoms with Crippen molar-refractivity contribution in [3.05, 3.63) is 175 Å². The van der Waals surface area contributed by atoms with E-state index in [4.69, 9.17) is 9.40 Å². The number of aromatic nitrogens is 2. The molecule has 3 heterocycles. The summed E-state index contributed by atoms with van der Waals surface area (Å²) in [7, 11) is 0. The lowest BCUT2D eigenvalue weighted by Crippen LogP contribution is -2.06. The van der Waals surface area contributed by atoms with Crippen LogP contribution in [0.15, 0.2) is 162 Å². The molecule has 3 nitrogen and oxygen atoms in total. The predicted molar refractivity (Wildman–Crippen MR) is 199 cm³/mol. The third-order valence-electron chi connectivity index (χ3n) is 9.96. The lowest BCUT2D eigenvalue weighted by Gasteiger charge is -2.22. The molecule has 226 valence electrons. The second-order valence-corrected chi connectivity index (χ2v) is 12.7. The molecule has 3 heteroatoms. The third kappa shape index (κ3) is 4.18. The van der Waals surface area contributed by atoms with Crippen LogP contribution in [0.5, 0.6) is 0 Å². The van der Waals surface area contributed by atoms with Gasteiger partial charge in [-0.15, -0.1) is 0 Å². The summed E-state index contributed by atoms with van der Waals surface area (Å²) in [6.45, 7) is 0. The van der Waals surface area contributed by atoms with E-state index in [0.29, 0.717) is 0 Å². The van der Waals surface area contributed by atoms with Gasteiger partial charge in [-0.1, -0.05) is 115 Å². The normalized spacial score (nSPS) is 14.3. The van der Waals surface area contributed by atoms with Crippen LogP contribution in [0.25, 0.3) is 77.8 Å². The topological polar surface area (TPSA) is 31.0 Å². The van der Waals surface area contributed by atoms with E-state index in [1.807, 2.05) is 0 Å². The van der Waals surface area contributed by atoms with Gasteiger partial charge in [0.2, 0.25) is 0 Å². The van der Waals surface area contributed by atoms with Gasteiger partial charge in [0.05, 0.1) is 22.2 Å². The van der Waals surface area contributed by atoms with E-state index in [-0.39, 0.29) is 5.92 Å². The quantitative estimate of drug-likeness (QED) is 0.197. The van der Waals surface area contributed by atoms with Crippen LogP contribution in [0.4, 0.5) is 0 Å². The molecule has 9 aromatic rings. The van der Waals surface area contributed by atoms with E-state index in [9.17, 15) is 0 Å². The molecule has 3 aromatic heterocycles. The minimum atomic E-state index is 0.147.